The maximum absolute atomic E-state index is 12.8. The number of esters is 1. The molecule has 7 heteroatoms. The van der Waals surface area contributed by atoms with E-state index in [1.165, 1.54) is 12.0 Å². The summed E-state index contributed by atoms with van der Waals surface area (Å²) in [6, 6.07) is 6.90. The lowest BCUT2D eigenvalue weighted by Crippen LogP contribution is -2.43. The van der Waals surface area contributed by atoms with Crippen LogP contribution in [0.4, 0.5) is 5.69 Å². The number of nitrogens with zero attached hydrogens (tertiary/aromatic N) is 3. The molecule has 1 aliphatic heterocycles. The first kappa shape index (κ1) is 17.1. The fraction of sp³-hybridized carbons (Fsp3) is 0.444. The molecule has 0 saturated carbocycles. The van der Waals surface area contributed by atoms with Crippen LogP contribution in [0.3, 0.4) is 0 Å². The summed E-state index contributed by atoms with van der Waals surface area (Å²) in [6.07, 6.45) is 0.985. The smallest absolute Gasteiger partial charge is 0.329 e. The first-order chi connectivity index (χ1) is 12.0. The molecule has 1 aromatic carbocycles. The van der Waals surface area contributed by atoms with E-state index in [4.69, 9.17) is 9.26 Å². The molecular formula is C18H21N3O4. The van der Waals surface area contributed by atoms with Gasteiger partial charge in [-0.05, 0) is 11.6 Å². The first-order valence-corrected chi connectivity index (χ1v) is 8.31. The van der Waals surface area contributed by atoms with Crippen LogP contribution in [0.2, 0.25) is 0 Å². The molecule has 2 heterocycles. The van der Waals surface area contributed by atoms with E-state index < -0.39 is 12.0 Å². The Bertz CT molecular complexity index is 784. The van der Waals surface area contributed by atoms with Crippen molar-refractivity contribution in [2.75, 3.05) is 12.0 Å². The maximum atomic E-state index is 12.8. The zero-order valence-electron chi connectivity index (χ0n) is 14.6. The molecule has 0 fully saturated rings. The number of fused-ring (bicyclic) bond motifs is 1. The van der Waals surface area contributed by atoms with Crippen molar-refractivity contribution in [2.45, 2.75) is 45.1 Å². The van der Waals surface area contributed by atoms with Gasteiger partial charge in [-0.3, -0.25) is 9.69 Å². The van der Waals surface area contributed by atoms with E-state index in [9.17, 15) is 9.59 Å². The Hall–Kier alpha value is -2.70. The van der Waals surface area contributed by atoms with Gasteiger partial charge in [0.1, 0.15) is 6.04 Å². The van der Waals surface area contributed by atoms with Crippen molar-refractivity contribution >= 4 is 17.6 Å². The van der Waals surface area contributed by atoms with E-state index in [0.29, 0.717) is 24.6 Å². The second kappa shape index (κ2) is 7.04. The van der Waals surface area contributed by atoms with Gasteiger partial charge in [0.25, 0.3) is 0 Å². The Labute approximate surface area is 146 Å². The van der Waals surface area contributed by atoms with Crippen LogP contribution >= 0.6 is 0 Å². The Morgan fingerprint density at radius 2 is 2.12 bits per heavy atom. The number of aryl methyl sites for hydroxylation is 1. The average molecular weight is 343 g/mol. The SMILES string of the molecule is COC(=O)[C@H]1Cc2ccccc2N1C(=O)CCc1nc(C(C)C)no1. The highest BCUT2D eigenvalue weighted by Gasteiger charge is 2.38. The highest BCUT2D eigenvalue weighted by Crippen LogP contribution is 2.33. The van der Waals surface area contributed by atoms with Gasteiger partial charge in [-0.2, -0.15) is 4.98 Å². The van der Waals surface area contributed by atoms with Crippen LogP contribution in [-0.4, -0.2) is 35.2 Å². The molecule has 7 nitrogen and oxygen atoms in total. The molecule has 0 spiro atoms. The summed E-state index contributed by atoms with van der Waals surface area (Å²) in [6.45, 7) is 3.95. The molecule has 1 amide bonds. The number of rotatable bonds is 5. The van der Waals surface area contributed by atoms with Crippen LogP contribution in [0.25, 0.3) is 0 Å². The third-order valence-electron chi connectivity index (χ3n) is 4.27. The van der Waals surface area contributed by atoms with Gasteiger partial charge >= 0.3 is 5.97 Å². The second-order valence-electron chi connectivity index (χ2n) is 6.34. The summed E-state index contributed by atoms with van der Waals surface area (Å²) in [7, 11) is 1.33. The number of carbonyl (C=O) groups is 2. The number of methoxy groups -OCH3 is 1. The van der Waals surface area contributed by atoms with Crippen molar-refractivity contribution in [3.63, 3.8) is 0 Å². The molecule has 3 rings (SSSR count). The fourth-order valence-electron chi connectivity index (χ4n) is 2.96. The van der Waals surface area contributed by atoms with Crippen LogP contribution in [0.1, 0.15) is 43.5 Å². The zero-order valence-corrected chi connectivity index (χ0v) is 14.6. The van der Waals surface area contributed by atoms with Gasteiger partial charge in [0, 0.05) is 30.9 Å². The quantitative estimate of drug-likeness (QED) is 0.774. The summed E-state index contributed by atoms with van der Waals surface area (Å²) >= 11 is 0. The predicted molar refractivity (Wildman–Crippen MR) is 90.1 cm³/mol. The molecule has 0 bridgehead atoms. The molecule has 25 heavy (non-hydrogen) atoms. The van der Waals surface area contributed by atoms with Gasteiger partial charge in [0.2, 0.25) is 11.8 Å². The van der Waals surface area contributed by atoms with E-state index in [2.05, 4.69) is 10.1 Å². The van der Waals surface area contributed by atoms with E-state index in [0.717, 1.165) is 11.3 Å². The topological polar surface area (TPSA) is 85.5 Å². The Morgan fingerprint density at radius 1 is 1.36 bits per heavy atom. The summed E-state index contributed by atoms with van der Waals surface area (Å²) < 4.78 is 10.0. The van der Waals surface area contributed by atoms with Crippen molar-refractivity contribution in [3.8, 4) is 0 Å². The molecule has 1 aromatic heterocycles. The van der Waals surface area contributed by atoms with Crippen molar-refractivity contribution < 1.29 is 18.8 Å². The molecule has 1 atom stereocenters. The Morgan fingerprint density at radius 3 is 2.80 bits per heavy atom. The first-order valence-electron chi connectivity index (χ1n) is 8.31. The van der Waals surface area contributed by atoms with Gasteiger partial charge in [-0.25, -0.2) is 4.79 Å². The molecule has 0 saturated heterocycles. The van der Waals surface area contributed by atoms with Crippen LogP contribution < -0.4 is 4.90 Å². The second-order valence-corrected chi connectivity index (χ2v) is 6.34. The minimum atomic E-state index is -0.621. The lowest BCUT2D eigenvalue weighted by molar-refractivity contribution is -0.143. The number of hydrogen-bond acceptors (Lipinski definition) is 6. The molecule has 0 aliphatic carbocycles. The number of para-hydroxylation sites is 1. The van der Waals surface area contributed by atoms with Gasteiger partial charge < -0.3 is 9.26 Å². The molecule has 0 N–H and O–H groups in total. The van der Waals surface area contributed by atoms with Crippen LogP contribution in [0, 0.1) is 0 Å². The van der Waals surface area contributed by atoms with E-state index in [1.807, 2.05) is 38.1 Å². The van der Waals surface area contributed by atoms with Crippen molar-refractivity contribution in [1.82, 2.24) is 10.1 Å². The van der Waals surface area contributed by atoms with E-state index in [1.54, 1.807) is 0 Å². The minimum Gasteiger partial charge on any atom is -0.467 e. The zero-order chi connectivity index (χ0) is 18.0. The average Bonchev–Trinajstić information content (AvgIpc) is 3.23. The fourth-order valence-corrected chi connectivity index (χ4v) is 2.96. The number of aromatic nitrogens is 2. The van der Waals surface area contributed by atoms with Gasteiger partial charge in [-0.1, -0.05) is 37.2 Å². The predicted octanol–water partition coefficient (Wildman–Crippen LogP) is 2.26. The standard InChI is InChI=1S/C18H21N3O4/c1-11(2)17-19-15(25-20-17)8-9-16(22)21-13-7-5-4-6-12(13)10-14(21)18(23)24-3/h4-7,11,14H,8-10H2,1-3H3/t14-/m1/s1. The van der Waals surface area contributed by atoms with Gasteiger partial charge in [0.05, 0.1) is 7.11 Å². The Balaban J connectivity index is 1.75. The number of amides is 1. The molecular weight excluding hydrogens is 322 g/mol. The summed E-state index contributed by atoms with van der Waals surface area (Å²) in [4.78, 5) is 30.7. The molecule has 1 aliphatic rings. The number of benzene rings is 1. The highest BCUT2D eigenvalue weighted by molar-refractivity contribution is 6.02. The summed E-state index contributed by atoms with van der Waals surface area (Å²) in [5.74, 6) is 0.650. The molecule has 2 aromatic rings. The van der Waals surface area contributed by atoms with E-state index >= 15 is 0 Å². The lowest BCUT2D eigenvalue weighted by Gasteiger charge is -2.23. The third kappa shape index (κ3) is 3.40. The highest BCUT2D eigenvalue weighted by atomic mass is 16.5. The number of anilines is 1. The monoisotopic (exact) mass is 343 g/mol. The van der Waals surface area contributed by atoms with Gasteiger partial charge in [0.15, 0.2) is 5.82 Å². The molecule has 0 unspecified atom stereocenters. The van der Waals surface area contributed by atoms with Crippen LogP contribution in [-0.2, 0) is 27.2 Å². The van der Waals surface area contributed by atoms with Crippen LogP contribution in [0.5, 0.6) is 0 Å². The van der Waals surface area contributed by atoms with Crippen molar-refractivity contribution in [2.24, 2.45) is 0 Å². The van der Waals surface area contributed by atoms with Gasteiger partial charge in [-0.15, -0.1) is 0 Å². The number of hydrogen-bond donors (Lipinski definition) is 0. The largest absolute Gasteiger partial charge is 0.467 e. The third-order valence-corrected chi connectivity index (χ3v) is 4.27. The van der Waals surface area contributed by atoms with Crippen LogP contribution in [0.15, 0.2) is 28.8 Å². The van der Waals surface area contributed by atoms with E-state index in [-0.39, 0.29) is 18.2 Å². The van der Waals surface area contributed by atoms with Crippen molar-refractivity contribution in [3.05, 3.63) is 41.5 Å². The molecule has 132 valence electrons. The normalized spacial score (nSPS) is 16.2. The lowest BCUT2D eigenvalue weighted by atomic mass is 10.1. The Kier molecular flexibility index (Phi) is 4.83. The number of carbonyl (C=O) groups excluding carboxylic acids is 2. The maximum Gasteiger partial charge on any atom is 0.329 e. The molecule has 0 radical (unpaired) electrons. The summed E-state index contributed by atoms with van der Waals surface area (Å²) in [5, 5.41) is 3.90. The number of ether oxygens (including phenoxy) is 1. The van der Waals surface area contributed by atoms with Crippen molar-refractivity contribution in [1.29, 1.82) is 0 Å². The minimum absolute atomic E-state index is 0.162. The summed E-state index contributed by atoms with van der Waals surface area (Å²) in [5.41, 5.74) is 1.72.